The Hall–Kier alpha value is -2.86. The molecule has 0 unspecified atom stereocenters. The summed E-state index contributed by atoms with van der Waals surface area (Å²) in [7, 11) is 0. The molecule has 1 saturated carbocycles. The SMILES string of the molecule is CC(C)(C)CC(=O)N(Cc1cccc(NC(=O)OCc2ccccc2)c1)C1CCC(N)CC1. The first-order valence-electron chi connectivity index (χ1n) is 11.8. The zero-order valence-electron chi connectivity index (χ0n) is 20.0. The van der Waals surface area contributed by atoms with Crippen molar-refractivity contribution in [3.05, 3.63) is 65.7 Å². The number of rotatable bonds is 7. The van der Waals surface area contributed by atoms with Crippen molar-refractivity contribution in [2.75, 3.05) is 5.32 Å². The van der Waals surface area contributed by atoms with Gasteiger partial charge in [0.15, 0.2) is 0 Å². The molecule has 0 bridgehead atoms. The van der Waals surface area contributed by atoms with E-state index in [4.69, 9.17) is 10.5 Å². The van der Waals surface area contributed by atoms with Crippen molar-refractivity contribution in [2.45, 2.75) is 78.1 Å². The zero-order valence-corrected chi connectivity index (χ0v) is 20.0. The van der Waals surface area contributed by atoms with Gasteiger partial charge < -0.3 is 15.4 Å². The van der Waals surface area contributed by atoms with Crippen LogP contribution < -0.4 is 11.1 Å². The molecule has 0 heterocycles. The second kappa shape index (κ2) is 11.3. The highest BCUT2D eigenvalue weighted by Crippen LogP contribution is 2.28. The van der Waals surface area contributed by atoms with Crippen molar-refractivity contribution in [3.8, 4) is 0 Å². The highest BCUT2D eigenvalue weighted by atomic mass is 16.5. The van der Waals surface area contributed by atoms with Crippen LogP contribution in [-0.2, 0) is 22.7 Å². The van der Waals surface area contributed by atoms with Crippen molar-refractivity contribution < 1.29 is 14.3 Å². The third kappa shape index (κ3) is 8.21. The fraction of sp³-hybridized carbons (Fsp3) is 0.481. The molecule has 6 nitrogen and oxygen atoms in total. The predicted octanol–water partition coefficient (Wildman–Crippen LogP) is 5.47. The lowest BCUT2D eigenvalue weighted by molar-refractivity contribution is -0.137. The summed E-state index contributed by atoms with van der Waals surface area (Å²) in [5, 5.41) is 2.80. The average Bonchev–Trinajstić information content (AvgIpc) is 2.76. The molecule has 2 aromatic carbocycles. The normalized spacial score (nSPS) is 18.4. The van der Waals surface area contributed by atoms with E-state index in [1.807, 2.05) is 59.5 Å². The quantitative estimate of drug-likeness (QED) is 0.585. The van der Waals surface area contributed by atoms with Crippen LogP contribution >= 0.6 is 0 Å². The van der Waals surface area contributed by atoms with Crippen LogP contribution in [0.1, 0.15) is 64.0 Å². The van der Waals surface area contributed by atoms with Crippen LogP contribution in [-0.4, -0.2) is 29.0 Å². The molecule has 2 aromatic rings. The minimum Gasteiger partial charge on any atom is -0.444 e. The Morgan fingerprint density at radius 1 is 1.00 bits per heavy atom. The summed E-state index contributed by atoms with van der Waals surface area (Å²) >= 11 is 0. The molecule has 6 heteroatoms. The number of nitrogens with zero attached hydrogens (tertiary/aromatic N) is 1. The van der Waals surface area contributed by atoms with Gasteiger partial charge in [-0.05, 0) is 54.4 Å². The van der Waals surface area contributed by atoms with Gasteiger partial charge in [-0.1, -0.05) is 63.2 Å². The first-order chi connectivity index (χ1) is 15.7. The van der Waals surface area contributed by atoms with Gasteiger partial charge in [-0.25, -0.2) is 4.79 Å². The first kappa shape index (κ1) is 24.8. The van der Waals surface area contributed by atoms with E-state index in [1.54, 1.807) is 0 Å². The molecule has 0 saturated heterocycles. The third-order valence-electron chi connectivity index (χ3n) is 5.92. The van der Waals surface area contributed by atoms with Crippen LogP contribution in [0.15, 0.2) is 54.6 Å². The maximum atomic E-state index is 13.2. The van der Waals surface area contributed by atoms with Crippen molar-refractivity contribution in [3.63, 3.8) is 0 Å². The van der Waals surface area contributed by atoms with Crippen molar-refractivity contribution in [1.29, 1.82) is 0 Å². The topological polar surface area (TPSA) is 84.7 Å². The Balaban J connectivity index is 1.65. The van der Waals surface area contributed by atoms with Crippen LogP contribution in [0.4, 0.5) is 10.5 Å². The second-order valence-electron chi connectivity index (χ2n) is 10.2. The number of nitrogens with two attached hydrogens (primary N) is 1. The number of carbonyl (C=O) groups excluding carboxylic acids is 2. The maximum Gasteiger partial charge on any atom is 0.411 e. The standard InChI is InChI=1S/C27H37N3O3/c1-27(2,3)17-25(31)30(24-14-12-22(28)13-15-24)18-21-10-7-11-23(16-21)29-26(32)33-19-20-8-5-4-6-9-20/h4-11,16,22,24H,12-15,17-19,28H2,1-3H3,(H,29,32). The molecule has 1 aliphatic rings. The number of ether oxygens (including phenoxy) is 1. The van der Waals surface area contributed by atoms with Crippen LogP contribution in [0.25, 0.3) is 0 Å². The van der Waals surface area contributed by atoms with Gasteiger partial charge in [0.05, 0.1) is 0 Å². The molecule has 3 N–H and O–H groups in total. The van der Waals surface area contributed by atoms with Crippen molar-refractivity contribution >= 4 is 17.7 Å². The minimum atomic E-state index is -0.502. The van der Waals surface area contributed by atoms with E-state index >= 15 is 0 Å². The Morgan fingerprint density at radius 2 is 1.67 bits per heavy atom. The van der Waals surface area contributed by atoms with Gasteiger partial charge in [-0.3, -0.25) is 10.1 Å². The third-order valence-corrected chi connectivity index (χ3v) is 5.92. The molecular weight excluding hydrogens is 414 g/mol. The van der Waals surface area contributed by atoms with Crippen LogP contribution in [0.5, 0.6) is 0 Å². The summed E-state index contributed by atoms with van der Waals surface area (Å²) in [5.41, 5.74) is 8.59. The summed E-state index contributed by atoms with van der Waals surface area (Å²) in [6.45, 7) is 7.00. The Morgan fingerprint density at radius 3 is 2.33 bits per heavy atom. The molecule has 1 aliphatic carbocycles. The molecule has 0 aliphatic heterocycles. The zero-order chi connectivity index (χ0) is 23.8. The summed E-state index contributed by atoms with van der Waals surface area (Å²) in [5.74, 6) is 0.170. The van der Waals surface area contributed by atoms with E-state index in [-0.39, 0.29) is 30.0 Å². The van der Waals surface area contributed by atoms with Gasteiger partial charge in [0, 0.05) is 30.7 Å². The average molecular weight is 452 g/mol. The fourth-order valence-electron chi connectivity index (χ4n) is 4.21. The molecule has 2 amide bonds. The number of nitrogens with one attached hydrogen (secondary N) is 1. The maximum absolute atomic E-state index is 13.2. The number of anilines is 1. The number of amides is 2. The van der Waals surface area contributed by atoms with Crippen molar-refractivity contribution in [1.82, 2.24) is 4.90 Å². The first-order valence-corrected chi connectivity index (χ1v) is 11.8. The monoisotopic (exact) mass is 451 g/mol. The van der Waals surface area contributed by atoms with Gasteiger partial charge in [0.25, 0.3) is 0 Å². The van der Waals surface area contributed by atoms with Crippen LogP contribution in [0.3, 0.4) is 0 Å². The Kier molecular flexibility index (Phi) is 8.50. The molecular formula is C27H37N3O3. The van der Waals surface area contributed by atoms with E-state index in [0.717, 1.165) is 36.8 Å². The summed E-state index contributed by atoms with van der Waals surface area (Å²) in [6.07, 6.45) is 3.75. The highest BCUT2D eigenvalue weighted by Gasteiger charge is 2.30. The van der Waals surface area contributed by atoms with E-state index in [9.17, 15) is 9.59 Å². The number of hydrogen-bond acceptors (Lipinski definition) is 4. The Bertz CT molecular complexity index is 916. The minimum absolute atomic E-state index is 0.0771. The van der Waals surface area contributed by atoms with Crippen LogP contribution in [0.2, 0.25) is 0 Å². The molecule has 3 rings (SSSR count). The van der Waals surface area contributed by atoms with Crippen LogP contribution in [0, 0.1) is 5.41 Å². The molecule has 0 spiro atoms. The van der Waals surface area contributed by atoms with Gasteiger partial charge >= 0.3 is 6.09 Å². The van der Waals surface area contributed by atoms with E-state index in [2.05, 4.69) is 26.1 Å². The lowest BCUT2D eigenvalue weighted by Gasteiger charge is -2.37. The number of benzene rings is 2. The highest BCUT2D eigenvalue weighted by molar-refractivity contribution is 5.84. The fourth-order valence-corrected chi connectivity index (χ4v) is 4.21. The van der Waals surface area contributed by atoms with E-state index < -0.39 is 6.09 Å². The lowest BCUT2D eigenvalue weighted by atomic mass is 9.88. The van der Waals surface area contributed by atoms with E-state index in [1.165, 1.54) is 0 Å². The number of hydrogen-bond donors (Lipinski definition) is 2. The van der Waals surface area contributed by atoms with Gasteiger partial charge in [-0.2, -0.15) is 0 Å². The van der Waals surface area contributed by atoms with Gasteiger partial charge in [0.2, 0.25) is 5.91 Å². The molecule has 0 aromatic heterocycles. The predicted molar refractivity (Wildman–Crippen MR) is 132 cm³/mol. The Labute approximate surface area is 197 Å². The largest absolute Gasteiger partial charge is 0.444 e. The molecule has 178 valence electrons. The summed E-state index contributed by atoms with van der Waals surface area (Å²) in [4.78, 5) is 27.5. The lowest BCUT2D eigenvalue weighted by Crippen LogP contribution is -2.44. The molecule has 1 fully saturated rings. The van der Waals surface area contributed by atoms with Crippen molar-refractivity contribution in [2.24, 2.45) is 11.1 Å². The molecule has 0 atom stereocenters. The number of carbonyl (C=O) groups is 2. The van der Waals surface area contributed by atoms with E-state index in [0.29, 0.717) is 18.7 Å². The second-order valence-corrected chi connectivity index (χ2v) is 10.2. The smallest absolute Gasteiger partial charge is 0.411 e. The molecule has 0 radical (unpaired) electrons. The summed E-state index contributed by atoms with van der Waals surface area (Å²) in [6, 6.07) is 17.6. The van der Waals surface area contributed by atoms with Gasteiger partial charge in [-0.15, -0.1) is 0 Å². The summed E-state index contributed by atoms with van der Waals surface area (Å²) < 4.78 is 5.32. The molecule has 33 heavy (non-hydrogen) atoms. The van der Waals surface area contributed by atoms with Gasteiger partial charge in [0.1, 0.15) is 6.61 Å².